The maximum atomic E-state index is 12.3. The molecule has 0 spiro atoms. The van der Waals surface area contributed by atoms with Crippen molar-refractivity contribution in [3.8, 4) is 5.75 Å². The van der Waals surface area contributed by atoms with Crippen molar-refractivity contribution in [1.29, 1.82) is 0 Å². The van der Waals surface area contributed by atoms with Gasteiger partial charge in [-0.1, -0.05) is 13.0 Å². The SMILES string of the molecule is CCCOC(=O)c1ccc(NC(=O)c2cccc(OCC)c2)cc1. The molecule has 0 unspecified atom stereocenters. The van der Waals surface area contributed by atoms with E-state index in [-0.39, 0.29) is 11.9 Å². The predicted octanol–water partition coefficient (Wildman–Crippen LogP) is 3.90. The van der Waals surface area contributed by atoms with Gasteiger partial charge in [-0.3, -0.25) is 4.79 Å². The Hall–Kier alpha value is -2.82. The van der Waals surface area contributed by atoms with E-state index in [1.165, 1.54) is 0 Å². The van der Waals surface area contributed by atoms with Crippen LogP contribution in [0.3, 0.4) is 0 Å². The molecule has 1 amide bonds. The molecular formula is C19H21NO4. The van der Waals surface area contributed by atoms with Crippen molar-refractivity contribution in [2.75, 3.05) is 18.5 Å². The van der Waals surface area contributed by atoms with Gasteiger partial charge >= 0.3 is 5.97 Å². The Morgan fingerprint density at radius 3 is 2.42 bits per heavy atom. The largest absolute Gasteiger partial charge is 0.494 e. The number of rotatable bonds is 7. The van der Waals surface area contributed by atoms with Crippen LogP contribution in [0.2, 0.25) is 0 Å². The summed E-state index contributed by atoms with van der Waals surface area (Å²) in [6.45, 7) is 4.76. The van der Waals surface area contributed by atoms with Crippen LogP contribution in [0.25, 0.3) is 0 Å². The van der Waals surface area contributed by atoms with E-state index < -0.39 is 0 Å². The third kappa shape index (κ3) is 4.84. The Balaban J connectivity index is 2.01. The average molecular weight is 327 g/mol. The maximum absolute atomic E-state index is 12.3. The lowest BCUT2D eigenvalue weighted by atomic mass is 10.1. The molecule has 0 bridgehead atoms. The molecule has 2 rings (SSSR count). The summed E-state index contributed by atoms with van der Waals surface area (Å²) in [6.07, 6.45) is 0.778. The molecule has 0 saturated carbocycles. The lowest BCUT2D eigenvalue weighted by Gasteiger charge is -2.08. The zero-order valence-corrected chi connectivity index (χ0v) is 13.9. The molecule has 2 aromatic rings. The summed E-state index contributed by atoms with van der Waals surface area (Å²) in [5.74, 6) is 0.0520. The Labute approximate surface area is 141 Å². The molecule has 5 nitrogen and oxygen atoms in total. The van der Waals surface area contributed by atoms with E-state index in [9.17, 15) is 9.59 Å². The second-order valence-electron chi connectivity index (χ2n) is 5.13. The number of carbonyl (C=O) groups is 2. The van der Waals surface area contributed by atoms with E-state index >= 15 is 0 Å². The van der Waals surface area contributed by atoms with E-state index in [4.69, 9.17) is 9.47 Å². The highest BCUT2D eigenvalue weighted by Crippen LogP contribution is 2.16. The number of hydrogen-bond donors (Lipinski definition) is 1. The van der Waals surface area contributed by atoms with Gasteiger partial charge in [-0.25, -0.2) is 4.79 Å². The molecule has 0 aromatic heterocycles. The fraction of sp³-hybridized carbons (Fsp3) is 0.263. The summed E-state index contributed by atoms with van der Waals surface area (Å²) in [4.78, 5) is 24.0. The van der Waals surface area contributed by atoms with Gasteiger partial charge in [0.15, 0.2) is 0 Å². The van der Waals surface area contributed by atoms with Crippen molar-refractivity contribution < 1.29 is 19.1 Å². The first kappa shape index (κ1) is 17.5. The highest BCUT2D eigenvalue weighted by Gasteiger charge is 2.09. The topological polar surface area (TPSA) is 64.6 Å². The van der Waals surface area contributed by atoms with Crippen LogP contribution in [-0.2, 0) is 4.74 Å². The standard InChI is InChI=1S/C19H21NO4/c1-3-12-24-19(22)14-8-10-16(11-9-14)20-18(21)15-6-5-7-17(13-15)23-4-2/h5-11,13H,3-4,12H2,1-2H3,(H,20,21). The summed E-state index contributed by atoms with van der Waals surface area (Å²) in [6, 6.07) is 13.6. The molecule has 0 aliphatic heterocycles. The van der Waals surface area contributed by atoms with Crippen LogP contribution in [0.5, 0.6) is 5.75 Å². The number of carbonyl (C=O) groups excluding carboxylic acids is 2. The molecule has 0 fully saturated rings. The normalized spacial score (nSPS) is 10.1. The lowest BCUT2D eigenvalue weighted by molar-refractivity contribution is 0.0505. The van der Waals surface area contributed by atoms with Crippen LogP contribution in [0.1, 0.15) is 41.0 Å². The van der Waals surface area contributed by atoms with Crippen LogP contribution >= 0.6 is 0 Å². The first-order chi connectivity index (χ1) is 11.6. The molecule has 0 saturated heterocycles. The molecule has 0 atom stereocenters. The molecule has 5 heteroatoms. The Kier molecular flexibility index (Phi) is 6.37. The monoisotopic (exact) mass is 327 g/mol. The van der Waals surface area contributed by atoms with Gasteiger partial charge in [0, 0.05) is 11.3 Å². The second-order valence-corrected chi connectivity index (χ2v) is 5.13. The quantitative estimate of drug-likeness (QED) is 0.783. The number of esters is 1. The van der Waals surface area contributed by atoms with Crippen LogP contribution in [-0.4, -0.2) is 25.1 Å². The number of nitrogens with one attached hydrogen (secondary N) is 1. The summed E-state index contributed by atoms with van der Waals surface area (Å²) in [7, 11) is 0. The van der Waals surface area contributed by atoms with Crippen molar-refractivity contribution >= 4 is 17.6 Å². The van der Waals surface area contributed by atoms with Gasteiger partial charge in [-0.15, -0.1) is 0 Å². The summed E-state index contributed by atoms with van der Waals surface area (Å²) in [5.41, 5.74) is 1.57. The van der Waals surface area contributed by atoms with Crippen molar-refractivity contribution in [1.82, 2.24) is 0 Å². The van der Waals surface area contributed by atoms with E-state index in [2.05, 4.69) is 5.32 Å². The maximum Gasteiger partial charge on any atom is 0.338 e. The summed E-state index contributed by atoms with van der Waals surface area (Å²) >= 11 is 0. The molecule has 0 aliphatic carbocycles. The van der Waals surface area contributed by atoms with Gasteiger partial charge in [0.2, 0.25) is 0 Å². The molecule has 24 heavy (non-hydrogen) atoms. The molecule has 2 aromatic carbocycles. The minimum absolute atomic E-state index is 0.238. The Morgan fingerprint density at radius 1 is 1.00 bits per heavy atom. The smallest absolute Gasteiger partial charge is 0.338 e. The highest BCUT2D eigenvalue weighted by atomic mass is 16.5. The minimum atomic E-state index is -0.362. The van der Waals surface area contributed by atoms with Gasteiger partial charge in [-0.05, 0) is 55.8 Å². The van der Waals surface area contributed by atoms with Crippen molar-refractivity contribution in [3.63, 3.8) is 0 Å². The summed E-state index contributed by atoms with van der Waals surface area (Å²) in [5, 5.41) is 2.79. The third-order valence-corrected chi connectivity index (χ3v) is 3.22. The zero-order chi connectivity index (χ0) is 17.4. The number of hydrogen-bond acceptors (Lipinski definition) is 4. The molecule has 0 radical (unpaired) electrons. The zero-order valence-electron chi connectivity index (χ0n) is 13.9. The highest BCUT2D eigenvalue weighted by molar-refractivity contribution is 6.04. The fourth-order valence-corrected chi connectivity index (χ4v) is 2.06. The van der Waals surface area contributed by atoms with Crippen LogP contribution in [0, 0.1) is 0 Å². The first-order valence-electron chi connectivity index (χ1n) is 7.95. The van der Waals surface area contributed by atoms with Crippen molar-refractivity contribution in [3.05, 3.63) is 59.7 Å². The van der Waals surface area contributed by atoms with Gasteiger partial charge in [0.1, 0.15) is 5.75 Å². The van der Waals surface area contributed by atoms with E-state index in [1.54, 1.807) is 48.5 Å². The van der Waals surface area contributed by atoms with Gasteiger partial charge in [0.05, 0.1) is 18.8 Å². The number of amides is 1. The van der Waals surface area contributed by atoms with Crippen molar-refractivity contribution in [2.24, 2.45) is 0 Å². The van der Waals surface area contributed by atoms with E-state index in [0.29, 0.717) is 35.8 Å². The fourth-order valence-electron chi connectivity index (χ4n) is 2.06. The predicted molar refractivity (Wildman–Crippen MR) is 92.6 cm³/mol. The molecule has 126 valence electrons. The first-order valence-corrected chi connectivity index (χ1v) is 7.95. The van der Waals surface area contributed by atoms with E-state index in [0.717, 1.165) is 6.42 Å². The lowest BCUT2D eigenvalue weighted by Crippen LogP contribution is -2.12. The van der Waals surface area contributed by atoms with Gasteiger partial charge in [-0.2, -0.15) is 0 Å². The van der Waals surface area contributed by atoms with Crippen LogP contribution in [0.15, 0.2) is 48.5 Å². The Morgan fingerprint density at radius 2 is 1.75 bits per heavy atom. The molecule has 0 aliphatic rings. The number of anilines is 1. The minimum Gasteiger partial charge on any atom is -0.494 e. The molecule has 1 N–H and O–H groups in total. The van der Waals surface area contributed by atoms with Gasteiger partial charge < -0.3 is 14.8 Å². The second kappa shape index (κ2) is 8.72. The number of benzene rings is 2. The Bertz CT molecular complexity index is 695. The van der Waals surface area contributed by atoms with Crippen molar-refractivity contribution in [2.45, 2.75) is 20.3 Å². The molecule has 0 heterocycles. The number of ether oxygens (including phenoxy) is 2. The average Bonchev–Trinajstić information content (AvgIpc) is 2.61. The van der Waals surface area contributed by atoms with E-state index in [1.807, 2.05) is 13.8 Å². The summed E-state index contributed by atoms with van der Waals surface area (Å²) < 4.78 is 10.5. The van der Waals surface area contributed by atoms with Gasteiger partial charge in [0.25, 0.3) is 5.91 Å². The molecular weight excluding hydrogens is 306 g/mol. The van der Waals surface area contributed by atoms with Crippen LogP contribution in [0.4, 0.5) is 5.69 Å². The third-order valence-electron chi connectivity index (χ3n) is 3.22. The van der Waals surface area contributed by atoms with Crippen LogP contribution < -0.4 is 10.1 Å².